The van der Waals surface area contributed by atoms with Crippen LogP contribution >= 0.6 is 35.4 Å². The number of rotatable bonds is 8. The predicted octanol–water partition coefficient (Wildman–Crippen LogP) is 6.38. The zero-order chi connectivity index (χ0) is 25.1. The molecule has 1 aliphatic heterocycles. The highest BCUT2D eigenvalue weighted by Crippen LogP contribution is 2.43. The summed E-state index contributed by atoms with van der Waals surface area (Å²) >= 11 is 18.8. The number of anilines is 1. The van der Waals surface area contributed by atoms with Crippen molar-refractivity contribution < 1.29 is 9.47 Å². The van der Waals surface area contributed by atoms with Gasteiger partial charge < -0.3 is 24.3 Å². The molecular formula is C27H24Cl2N4O2S. The highest BCUT2D eigenvalue weighted by atomic mass is 35.5. The van der Waals surface area contributed by atoms with E-state index in [1.54, 1.807) is 13.3 Å². The summed E-state index contributed by atoms with van der Waals surface area (Å²) in [5, 5.41) is 5.23. The average Bonchev–Trinajstić information content (AvgIpc) is 3.50. The van der Waals surface area contributed by atoms with Gasteiger partial charge in [0.25, 0.3) is 0 Å². The second kappa shape index (κ2) is 10.9. The van der Waals surface area contributed by atoms with E-state index in [9.17, 15) is 0 Å². The van der Waals surface area contributed by atoms with Crippen LogP contribution in [0.1, 0.15) is 23.5 Å². The number of hydrogen-bond acceptors (Lipinski definition) is 4. The van der Waals surface area contributed by atoms with E-state index >= 15 is 0 Å². The average molecular weight is 539 g/mol. The van der Waals surface area contributed by atoms with E-state index in [1.165, 1.54) is 0 Å². The molecule has 36 heavy (non-hydrogen) atoms. The number of benzene rings is 2. The van der Waals surface area contributed by atoms with Crippen LogP contribution in [0, 0.1) is 0 Å². The number of ether oxygens (including phenoxy) is 2. The molecule has 0 spiro atoms. The van der Waals surface area contributed by atoms with Gasteiger partial charge in [-0.1, -0.05) is 35.3 Å². The minimum absolute atomic E-state index is 0.192. The molecule has 1 N–H and O–H groups in total. The fourth-order valence-electron chi connectivity index (χ4n) is 4.42. The number of halogens is 2. The Balaban J connectivity index is 1.59. The molecule has 9 heteroatoms. The first-order chi connectivity index (χ1) is 17.6. The van der Waals surface area contributed by atoms with Crippen molar-refractivity contribution in [1.29, 1.82) is 0 Å². The summed E-state index contributed by atoms with van der Waals surface area (Å²) < 4.78 is 12.9. The lowest BCUT2D eigenvalue weighted by Gasteiger charge is -2.29. The first-order valence-corrected chi connectivity index (χ1v) is 12.6. The van der Waals surface area contributed by atoms with Crippen molar-refractivity contribution in [2.75, 3.05) is 25.2 Å². The number of nitrogens with zero attached hydrogens (tertiary/aromatic N) is 3. The van der Waals surface area contributed by atoms with Gasteiger partial charge in [0.2, 0.25) is 0 Å². The molecule has 5 rings (SSSR count). The Bertz CT molecular complexity index is 1360. The second-order valence-corrected chi connectivity index (χ2v) is 9.47. The van der Waals surface area contributed by atoms with Crippen LogP contribution in [0.5, 0.6) is 5.75 Å². The van der Waals surface area contributed by atoms with Crippen molar-refractivity contribution in [2.24, 2.45) is 0 Å². The van der Waals surface area contributed by atoms with Gasteiger partial charge in [-0.3, -0.25) is 4.98 Å². The Labute approximate surface area is 225 Å². The largest absolute Gasteiger partial charge is 0.490 e. The SMILES string of the molecule is COCCOc1ccc(N2C(=S)N[C@H](c3ccccn3)[C@H]2c2cccn2-c2cccc(Cl)c2)cc1Cl. The number of aromatic nitrogens is 2. The lowest BCUT2D eigenvalue weighted by Crippen LogP contribution is -2.30. The van der Waals surface area contributed by atoms with Crippen LogP contribution in [-0.4, -0.2) is 35.0 Å². The first kappa shape index (κ1) is 24.6. The molecule has 0 saturated carbocycles. The third kappa shape index (κ3) is 4.92. The standard InChI is InChI=1S/C27H24Cl2N4O2S/c1-34-14-15-35-24-11-10-20(17-21(24)29)33-26(25(31-27(33)36)22-8-2-3-12-30-22)23-9-5-13-32(23)19-7-4-6-18(28)16-19/h2-13,16-17,25-26H,14-15H2,1H3,(H,31,36)/t25-,26-/m1/s1. The maximum atomic E-state index is 6.62. The molecule has 3 heterocycles. The molecule has 6 nitrogen and oxygen atoms in total. The van der Waals surface area contributed by atoms with Crippen molar-refractivity contribution in [2.45, 2.75) is 12.1 Å². The zero-order valence-electron chi connectivity index (χ0n) is 19.5. The van der Waals surface area contributed by atoms with Crippen molar-refractivity contribution in [3.63, 3.8) is 0 Å². The summed E-state index contributed by atoms with van der Waals surface area (Å²) in [5.74, 6) is 0.593. The Hall–Kier alpha value is -3.10. The summed E-state index contributed by atoms with van der Waals surface area (Å²) in [7, 11) is 1.63. The molecule has 1 saturated heterocycles. The minimum Gasteiger partial charge on any atom is -0.490 e. The Kier molecular flexibility index (Phi) is 7.43. The number of nitrogens with one attached hydrogen (secondary N) is 1. The highest BCUT2D eigenvalue weighted by molar-refractivity contribution is 7.80. The van der Waals surface area contributed by atoms with Gasteiger partial charge in [-0.25, -0.2) is 0 Å². The molecular weight excluding hydrogens is 515 g/mol. The first-order valence-electron chi connectivity index (χ1n) is 11.4. The van der Waals surface area contributed by atoms with E-state index in [4.69, 9.17) is 44.9 Å². The molecule has 0 bridgehead atoms. The quantitative estimate of drug-likeness (QED) is 0.207. The molecule has 2 aromatic carbocycles. The molecule has 0 unspecified atom stereocenters. The van der Waals surface area contributed by atoms with E-state index in [1.807, 2.05) is 72.9 Å². The Morgan fingerprint density at radius 2 is 1.86 bits per heavy atom. The summed E-state index contributed by atoms with van der Waals surface area (Å²) in [6.07, 6.45) is 3.81. The fourth-order valence-corrected chi connectivity index (χ4v) is 5.18. The maximum Gasteiger partial charge on any atom is 0.174 e. The summed E-state index contributed by atoms with van der Waals surface area (Å²) in [4.78, 5) is 6.72. The third-order valence-electron chi connectivity index (χ3n) is 6.01. The van der Waals surface area contributed by atoms with E-state index < -0.39 is 0 Å². The van der Waals surface area contributed by atoms with Gasteiger partial charge in [-0.15, -0.1) is 0 Å². The van der Waals surface area contributed by atoms with Gasteiger partial charge in [0.1, 0.15) is 18.4 Å². The fraction of sp³-hybridized carbons (Fsp3) is 0.185. The molecule has 1 aliphatic rings. The Morgan fingerprint density at radius 3 is 2.61 bits per heavy atom. The normalized spacial score (nSPS) is 17.3. The summed E-state index contributed by atoms with van der Waals surface area (Å²) in [6, 6.07) is 23.1. The number of thiocarbonyl (C=S) groups is 1. The van der Waals surface area contributed by atoms with Gasteiger partial charge in [0.15, 0.2) is 5.11 Å². The van der Waals surface area contributed by atoms with Gasteiger partial charge in [0.05, 0.1) is 23.4 Å². The van der Waals surface area contributed by atoms with Crippen molar-refractivity contribution in [1.82, 2.24) is 14.9 Å². The lowest BCUT2D eigenvalue weighted by molar-refractivity contribution is 0.146. The molecule has 1 fully saturated rings. The van der Waals surface area contributed by atoms with Gasteiger partial charge in [0, 0.05) is 41.6 Å². The predicted molar refractivity (Wildman–Crippen MR) is 148 cm³/mol. The molecule has 0 radical (unpaired) electrons. The molecule has 2 aromatic heterocycles. The lowest BCUT2D eigenvalue weighted by atomic mass is 10.0. The Morgan fingerprint density at radius 1 is 0.972 bits per heavy atom. The highest BCUT2D eigenvalue weighted by Gasteiger charge is 2.42. The molecule has 2 atom stereocenters. The maximum absolute atomic E-state index is 6.62. The number of methoxy groups -OCH3 is 1. The van der Waals surface area contributed by atoms with Crippen LogP contribution in [0.3, 0.4) is 0 Å². The van der Waals surface area contributed by atoms with Crippen molar-refractivity contribution in [3.05, 3.63) is 107 Å². The van der Waals surface area contributed by atoms with E-state index in [0.717, 1.165) is 22.8 Å². The summed E-state index contributed by atoms with van der Waals surface area (Å²) in [5.41, 5.74) is 3.72. The van der Waals surface area contributed by atoms with Crippen molar-refractivity contribution >= 4 is 46.2 Å². The van der Waals surface area contributed by atoms with Crippen LogP contribution in [0.15, 0.2) is 85.2 Å². The molecule has 0 aliphatic carbocycles. The topological polar surface area (TPSA) is 51.6 Å². The van der Waals surface area contributed by atoms with Crippen LogP contribution in [0.2, 0.25) is 10.0 Å². The van der Waals surface area contributed by atoms with E-state index in [2.05, 4.69) is 25.8 Å². The molecule has 4 aromatic rings. The van der Waals surface area contributed by atoms with Gasteiger partial charge >= 0.3 is 0 Å². The van der Waals surface area contributed by atoms with Crippen molar-refractivity contribution in [3.8, 4) is 11.4 Å². The monoisotopic (exact) mass is 538 g/mol. The van der Waals surface area contributed by atoms with Crippen LogP contribution in [0.4, 0.5) is 5.69 Å². The molecule has 0 amide bonds. The number of pyridine rings is 1. The molecule has 184 valence electrons. The minimum atomic E-state index is -0.210. The number of hydrogen-bond donors (Lipinski definition) is 1. The summed E-state index contributed by atoms with van der Waals surface area (Å²) in [6.45, 7) is 0.892. The van der Waals surface area contributed by atoms with E-state index in [0.29, 0.717) is 34.1 Å². The van der Waals surface area contributed by atoms with Gasteiger partial charge in [-0.2, -0.15) is 0 Å². The second-order valence-electron chi connectivity index (χ2n) is 8.24. The smallest absolute Gasteiger partial charge is 0.174 e. The van der Waals surface area contributed by atoms with Crippen LogP contribution in [0.25, 0.3) is 5.69 Å². The van der Waals surface area contributed by atoms with Crippen LogP contribution in [-0.2, 0) is 4.74 Å². The van der Waals surface area contributed by atoms with Crippen LogP contribution < -0.4 is 15.0 Å². The zero-order valence-corrected chi connectivity index (χ0v) is 21.8. The van der Waals surface area contributed by atoms with E-state index in [-0.39, 0.29) is 12.1 Å². The third-order valence-corrected chi connectivity index (χ3v) is 6.85. The van der Waals surface area contributed by atoms with Gasteiger partial charge in [-0.05, 0) is 72.9 Å².